The highest BCUT2D eigenvalue weighted by Crippen LogP contribution is 2.22. The molecule has 0 saturated heterocycles. The lowest BCUT2D eigenvalue weighted by atomic mass is 10.2. The number of carbonyl (C=O) groups excluding carboxylic acids is 1. The molecule has 0 atom stereocenters. The Morgan fingerprint density at radius 3 is 2.50 bits per heavy atom. The number of amides is 1. The second-order valence-electron chi connectivity index (χ2n) is 6.73. The molecule has 0 spiro atoms. The number of benzene rings is 1. The number of halogens is 1. The number of hydrogen-bond acceptors (Lipinski definition) is 5. The molecule has 7 nitrogen and oxygen atoms in total. The molecule has 0 aliphatic heterocycles. The summed E-state index contributed by atoms with van der Waals surface area (Å²) in [5, 5.41) is 2.78. The van der Waals surface area contributed by atoms with Crippen molar-refractivity contribution in [3.63, 3.8) is 0 Å². The Labute approximate surface area is 172 Å². The molecule has 0 unspecified atom stereocenters. The largest absolute Gasteiger partial charge is 0.348 e. The number of rotatable bonds is 5. The summed E-state index contributed by atoms with van der Waals surface area (Å²) in [5.41, 5.74) is 2.44. The number of carbonyl (C=O) groups is 1. The predicted molar refractivity (Wildman–Crippen MR) is 109 cm³/mol. The zero-order valence-corrected chi connectivity index (χ0v) is 16.7. The van der Waals surface area contributed by atoms with Crippen molar-refractivity contribution in [1.29, 1.82) is 0 Å². The molecule has 1 aromatic carbocycles. The Morgan fingerprint density at radius 1 is 1.07 bits per heavy atom. The van der Waals surface area contributed by atoms with Crippen molar-refractivity contribution in [1.82, 2.24) is 19.7 Å². The molecule has 3 aromatic heterocycles. The maximum Gasteiger partial charge on any atom is 0.253 e. The quantitative estimate of drug-likeness (QED) is 0.532. The van der Waals surface area contributed by atoms with Crippen LogP contribution in [0.3, 0.4) is 0 Å². The highest BCUT2D eigenvalue weighted by atomic mass is 32.2. The van der Waals surface area contributed by atoms with Crippen LogP contribution in [0.15, 0.2) is 72.1 Å². The Balaban J connectivity index is 1.56. The second-order valence-corrected chi connectivity index (χ2v) is 8.69. The molecule has 0 aliphatic carbocycles. The van der Waals surface area contributed by atoms with Crippen LogP contribution in [0.2, 0.25) is 0 Å². The van der Waals surface area contributed by atoms with Crippen molar-refractivity contribution in [3.05, 3.63) is 84.1 Å². The van der Waals surface area contributed by atoms with Gasteiger partial charge < -0.3 is 5.32 Å². The van der Waals surface area contributed by atoms with Crippen LogP contribution >= 0.6 is 0 Å². The summed E-state index contributed by atoms with van der Waals surface area (Å²) >= 11 is 0. The van der Waals surface area contributed by atoms with Gasteiger partial charge in [0.2, 0.25) is 0 Å². The minimum atomic E-state index is -3.37. The van der Waals surface area contributed by atoms with Gasteiger partial charge in [-0.3, -0.25) is 9.20 Å². The molecule has 152 valence electrons. The van der Waals surface area contributed by atoms with Crippen molar-refractivity contribution in [2.24, 2.45) is 0 Å². The molecule has 4 aromatic rings. The van der Waals surface area contributed by atoms with Crippen LogP contribution in [-0.4, -0.2) is 34.9 Å². The van der Waals surface area contributed by atoms with Gasteiger partial charge in [-0.25, -0.2) is 22.8 Å². The fourth-order valence-electron chi connectivity index (χ4n) is 3.04. The summed E-state index contributed by atoms with van der Waals surface area (Å²) in [6.07, 6.45) is 5.88. The number of nitrogens with zero attached hydrogens (tertiary/aromatic N) is 3. The smallest absolute Gasteiger partial charge is 0.253 e. The molecule has 0 radical (unpaired) electrons. The number of hydrogen-bond donors (Lipinski definition) is 1. The van der Waals surface area contributed by atoms with E-state index >= 15 is 0 Å². The van der Waals surface area contributed by atoms with E-state index < -0.39 is 9.84 Å². The molecule has 0 fully saturated rings. The second kappa shape index (κ2) is 7.68. The molecular formula is C21H17FN4O3S. The van der Waals surface area contributed by atoms with Crippen LogP contribution in [0.4, 0.5) is 4.39 Å². The van der Waals surface area contributed by atoms with E-state index in [1.165, 1.54) is 24.4 Å². The van der Waals surface area contributed by atoms with Gasteiger partial charge in [-0.2, -0.15) is 0 Å². The molecule has 1 N–H and O–H groups in total. The lowest BCUT2D eigenvalue weighted by molar-refractivity contribution is 0.0952. The standard InChI is InChI=1S/C21H17FN4O3S/c1-30(28,29)19-9-4-14(11-23-19)12-25-21(27)17-3-2-10-26-18(17)13-24-20(26)15-5-7-16(22)8-6-15/h2-11,13H,12H2,1H3,(H,25,27). The molecule has 0 saturated carbocycles. The molecule has 1 amide bonds. The van der Waals surface area contributed by atoms with Gasteiger partial charge in [0.05, 0.1) is 17.3 Å². The Morgan fingerprint density at radius 2 is 1.83 bits per heavy atom. The van der Waals surface area contributed by atoms with E-state index in [1.807, 2.05) is 0 Å². The monoisotopic (exact) mass is 424 g/mol. The first-order chi connectivity index (χ1) is 14.3. The number of sulfone groups is 1. The Bertz CT molecular complexity index is 1330. The third kappa shape index (κ3) is 3.92. The highest BCUT2D eigenvalue weighted by Gasteiger charge is 2.15. The maximum absolute atomic E-state index is 13.2. The summed E-state index contributed by atoms with van der Waals surface area (Å²) in [6, 6.07) is 12.4. The number of fused-ring (bicyclic) bond motifs is 1. The normalized spacial score (nSPS) is 11.5. The molecular weight excluding hydrogens is 407 g/mol. The summed E-state index contributed by atoms with van der Waals surface area (Å²) in [5.74, 6) is -0.0442. The van der Waals surface area contributed by atoms with Crippen molar-refractivity contribution in [2.45, 2.75) is 11.6 Å². The lowest BCUT2D eigenvalue weighted by Gasteiger charge is -2.08. The van der Waals surface area contributed by atoms with E-state index in [-0.39, 0.29) is 23.3 Å². The van der Waals surface area contributed by atoms with Crippen LogP contribution in [0.5, 0.6) is 0 Å². The Kier molecular flexibility index (Phi) is 5.04. The SMILES string of the molecule is CS(=O)(=O)c1ccc(CNC(=O)c2cccn3c(-c4ccc(F)cc4)ncc23)cn1. The van der Waals surface area contributed by atoms with Gasteiger partial charge >= 0.3 is 0 Å². The zero-order chi connectivity index (χ0) is 21.3. The van der Waals surface area contributed by atoms with E-state index in [1.54, 1.807) is 47.1 Å². The maximum atomic E-state index is 13.2. The predicted octanol–water partition coefficient (Wildman–Crippen LogP) is 2.87. The van der Waals surface area contributed by atoms with Crippen LogP contribution in [-0.2, 0) is 16.4 Å². The Hall–Kier alpha value is -3.59. The van der Waals surface area contributed by atoms with Crippen LogP contribution in [0, 0.1) is 5.82 Å². The van der Waals surface area contributed by atoms with Gasteiger partial charge in [-0.15, -0.1) is 0 Å². The molecule has 3 heterocycles. The first-order valence-electron chi connectivity index (χ1n) is 8.98. The van der Waals surface area contributed by atoms with Gasteiger partial charge in [0, 0.05) is 30.8 Å². The van der Waals surface area contributed by atoms with Crippen molar-refractivity contribution >= 4 is 21.3 Å². The third-order valence-electron chi connectivity index (χ3n) is 4.55. The number of imidazole rings is 1. The first kappa shape index (κ1) is 19.7. The zero-order valence-electron chi connectivity index (χ0n) is 15.9. The van der Waals surface area contributed by atoms with E-state index in [9.17, 15) is 17.6 Å². The molecule has 30 heavy (non-hydrogen) atoms. The fourth-order valence-corrected chi connectivity index (χ4v) is 3.60. The minimum absolute atomic E-state index is 0.0186. The molecule has 9 heteroatoms. The number of pyridine rings is 2. The molecule has 4 rings (SSSR count). The van der Waals surface area contributed by atoms with E-state index in [0.29, 0.717) is 22.5 Å². The van der Waals surface area contributed by atoms with Gasteiger partial charge in [0.1, 0.15) is 11.6 Å². The average Bonchev–Trinajstić information content (AvgIpc) is 3.16. The summed E-state index contributed by atoms with van der Waals surface area (Å²) in [7, 11) is -3.37. The van der Waals surface area contributed by atoms with E-state index in [4.69, 9.17) is 0 Å². The van der Waals surface area contributed by atoms with Crippen molar-refractivity contribution < 1.29 is 17.6 Å². The van der Waals surface area contributed by atoms with Gasteiger partial charge in [-0.1, -0.05) is 6.07 Å². The van der Waals surface area contributed by atoms with Crippen LogP contribution in [0.1, 0.15) is 15.9 Å². The van der Waals surface area contributed by atoms with Gasteiger partial charge in [-0.05, 0) is 48.0 Å². The fraction of sp³-hybridized carbons (Fsp3) is 0.0952. The van der Waals surface area contributed by atoms with E-state index in [0.717, 1.165) is 11.8 Å². The average molecular weight is 424 g/mol. The summed E-state index contributed by atoms with van der Waals surface area (Å²) < 4.78 is 37.9. The van der Waals surface area contributed by atoms with Crippen LogP contribution in [0.25, 0.3) is 16.9 Å². The third-order valence-corrected chi connectivity index (χ3v) is 5.55. The van der Waals surface area contributed by atoms with Crippen molar-refractivity contribution in [2.75, 3.05) is 6.26 Å². The van der Waals surface area contributed by atoms with Crippen LogP contribution < -0.4 is 5.32 Å². The highest BCUT2D eigenvalue weighted by molar-refractivity contribution is 7.90. The number of nitrogens with one attached hydrogen (secondary N) is 1. The minimum Gasteiger partial charge on any atom is -0.348 e. The first-order valence-corrected chi connectivity index (χ1v) is 10.9. The van der Waals surface area contributed by atoms with Crippen molar-refractivity contribution in [3.8, 4) is 11.4 Å². The van der Waals surface area contributed by atoms with Gasteiger partial charge in [0.15, 0.2) is 14.9 Å². The molecule has 0 bridgehead atoms. The summed E-state index contributed by atoms with van der Waals surface area (Å²) in [4.78, 5) is 21.0. The summed E-state index contributed by atoms with van der Waals surface area (Å²) in [6.45, 7) is 0.190. The molecule has 0 aliphatic rings. The topological polar surface area (TPSA) is 93.4 Å². The van der Waals surface area contributed by atoms with E-state index in [2.05, 4.69) is 15.3 Å². The lowest BCUT2D eigenvalue weighted by Crippen LogP contribution is -2.23. The van der Waals surface area contributed by atoms with Gasteiger partial charge in [0.25, 0.3) is 5.91 Å². The number of aromatic nitrogens is 3.